The lowest BCUT2D eigenvalue weighted by Crippen LogP contribution is -1.99. The molecule has 0 aliphatic rings. The zero-order valence-electron chi connectivity index (χ0n) is 9.91. The SMILES string of the molecule is N#Cc1cccc(Sc2ccc(CC(=O)O)cc2)n1. The first-order valence-electron chi connectivity index (χ1n) is 5.53. The standard InChI is InChI=1S/C14H10N2O2S/c15-9-11-2-1-3-13(16-11)19-12-6-4-10(5-7-12)8-14(17)18/h1-7H,8H2,(H,17,18). The summed E-state index contributed by atoms with van der Waals surface area (Å²) in [6.45, 7) is 0. The monoisotopic (exact) mass is 270 g/mol. The molecule has 0 bridgehead atoms. The highest BCUT2D eigenvalue weighted by molar-refractivity contribution is 7.99. The fourth-order valence-corrected chi connectivity index (χ4v) is 2.31. The molecule has 0 unspecified atom stereocenters. The average Bonchev–Trinajstić information content (AvgIpc) is 2.41. The van der Waals surface area contributed by atoms with Gasteiger partial charge in [0.25, 0.3) is 0 Å². The number of carboxylic acids is 1. The van der Waals surface area contributed by atoms with E-state index >= 15 is 0 Å². The smallest absolute Gasteiger partial charge is 0.307 e. The Morgan fingerprint density at radius 1 is 1.26 bits per heavy atom. The number of aromatic nitrogens is 1. The van der Waals surface area contributed by atoms with E-state index in [1.165, 1.54) is 11.8 Å². The number of benzene rings is 1. The Hall–Kier alpha value is -2.32. The van der Waals surface area contributed by atoms with E-state index in [9.17, 15) is 4.79 Å². The van der Waals surface area contributed by atoms with Crippen molar-refractivity contribution in [2.24, 2.45) is 0 Å². The molecule has 0 saturated carbocycles. The van der Waals surface area contributed by atoms with Gasteiger partial charge >= 0.3 is 5.97 Å². The van der Waals surface area contributed by atoms with Gasteiger partial charge in [-0.3, -0.25) is 4.79 Å². The molecule has 1 heterocycles. The van der Waals surface area contributed by atoms with Gasteiger partial charge in [-0.1, -0.05) is 30.0 Å². The maximum atomic E-state index is 10.6. The first-order chi connectivity index (χ1) is 9.17. The lowest BCUT2D eigenvalue weighted by Gasteiger charge is -2.02. The van der Waals surface area contributed by atoms with Gasteiger partial charge in [0.2, 0.25) is 0 Å². The van der Waals surface area contributed by atoms with Gasteiger partial charge in [0.05, 0.1) is 6.42 Å². The highest BCUT2D eigenvalue weighted by atomic mass is 32.2. The minimum atomic E-state index is -0.844. The van der Waals surface area contributed by atoms with Crippen molar-refractivity contribution in [2.75, 3.05) is 0 Å². The van der Waals surface area contributed by atoms with Crippen LogP contribution in [-0.2, 0) is 11.2 Å². The second kappa shape index (κ2) is 6.03. The summed E-state index contributed by atoms with van der Waals surface area (Å²) in [5.41, 5.74) is 1.14. The van der Waals surface area contributed by atoms with Crippen molar-refractivity contribution in [2.45, 2.75) is 16.3 Å². The second-order valence-electron chi connectivity index (χ2n) is 3.79. The first kappa shape index (κ1) is 13.1. The maximum Gasteiger partial charge on any atom is 0.307 e. The number of carboxylic acid groups (broad SMARTS) is 1. The number of pyridine rings is 1. The highest BCUT2D eigenvalue weighted by Gasteiger charge is 2.03. The van der Waals surface area contributed by atoms with Crippen LogP contribution < -0.4 is 0 Å². The predicted octanol–water partition coefficient (Wildman–Crippen LogP) is 2.73. The van der Waals surface area contributed by atoms with E-state index in [0.717, 1.165) is 15.5 Å². The molecule has 1 aromatic carbocycles. The van der Waals surface area contributed by atoms with Crippen LogP contribution in [0.4, 0.5) is 0 Å². The van der Waals surface area contributed by atoms with Gasteiger partial charge in [-0.2, -0.15) is 5.26 Å². The molecule has 4 nitrogen and oxygen atoms in total. The third kappa shape index (κ3) is 3.83. The minimum Gasteiger partial charge on any atom is -0.481 e. The summed E-state index contributed by atoms with van der Waals surface area (Å²) in [6, 6.07) is 14.5. The molecule has 0 radical (unpaired) electrons. The lowest BCUT2D eigenvalue weighted by molar-refractivity contribution is -0.136. The topological polar surface area (TPSA) is 74.0 Å². The largest absolute Gasteiger partial charge is 0.481 e. The summed E-state index contributed by atoms with van der Waals surface area (Å²) in [7, 11) is 0. The van der Waals surface area contributed by atoms with E-state index in [-0.39, 0.29) is 6.42 Å². The number of aliphatic carboxylic acids is 1. The summed E-state index contributed by atoms with van der Waals surface area (Å²) in [5, 5.41) is 18.2. The Morgan fingerprint density at radius 3 is 2.63 bits per heavy atom. The molecule has 0 aliphatic carbocycles. The summed E-state index contributed by atoms with van der Waals surface area (Å²) in [5.74, 6) is -0.844. The molecule has 0 spiro atoms. The minimum absolute atomic E-state index is 0.0209. The van der Waals surface area contributed by atoms with Crippen LogP contribution >= 0.6 is 11.8 Å². The van der Waals surface area contributed by atoms with Crippen molar-refractivity contribution in [1.29, 1.82) is 5.26 Å². The van der Waals surface area contributed by atoms with Crippen LogP contribution in [0.5, 0.6) is 0 Å². The number of rotatable bonds is 4. The van der Waals surface area contributed by atoms with E-state index in [2.05, 4.69) is 4.98 Å². The zero-order chi connectivity index (χ0) is 13.7. The number of hydrogen-bond donors (Lipinski definition) is 1. The molecule has 0 atom stereocenters. The fourth-order valence-electron chi connectivity index (χ4n) is 1.50. The third-order valence-electron chi connectivity index (χ3n) is 2.34. The van der Waals surface area contributed by atoms with Crippen LogP contribution in [0.3, 0.4) is 0 Å². The molecule has 0 aliphatic heterocycles. The zero-order valence-corrected chi connectivity index (χ0v) is 10.7. The van der Waals surface area contributed by atoms with Crippen LogP contribution in [0.25, 0.3) is 0 Å². The summed E-state index contributed by atoms with van der Waals surface area (Å²) < 4.78 is 0. The Labute approximate surface area is 114 Å². The fraction of sp³-hybridized carbons (Fsp3) is 0.0714. The van der Waals surface area contributed by atoms with Crippen molar-refractivity contribution in [3.63, 3.8) is 0 Å². The summed E-state index contributed by atoms with van der Waals surface area (Å²) in [6.07, 6.45) is 0.0209. The Kier molecular flexibility index (Phi) is 4.16. The van der Waals surface area contributed by atoms with Gasteiger partial charge in [-0.05, 0) is 29.8 Å². The van der Waals surface area contributed by atoms with Crippen molar-refractivity contribution in [3.05, 3.63) is 53.7 Å². The highest BCUT2D eigenvalue weighted by Crippen LogP contribution is 2.26. The Morgan fingerprint density at radius 2 is 2.00 bits per heavy atom. The molecule has 2 rings (SSSR count). The normalized spacial score (nSPS) is 9.84. The van der Waals surface area contributed by atoms with Gasteiger partial charge in [-0.15, -0.1) is 0 Å². The van der Waals surface area contributed by atoms with Gasteiger partial charge in [0.1, 0.15) is 16.8 Å². The number of nitrogens with zero attached hydrogens (tertiary/aromatic N) is 2. The van der Waals surface area contributed by atoms with Gasteiger partial charge in [0, 0.05) is 4.90 Å². The van der Waals surface area contributed by atoms with Gasteiger partial charge < -0.3 is 5.11 Å². The van der Waals surface area contributed by atoms with Crippen molar-refractivity contribution in [1.82, 2.24) is 4.98 Å². The van der Waals surface area contributed by atoms with Crippen LogP contribution in [0.1, 0.15) is 11.3 Å². The molecule has 5 heteroatoms. The van der Waals surface area contributed by atoms with Crippen LogP contribution in [0, 0.1) is 11.3 Å². The lowest BCUT2D eigenvalue weighted by atomic mass is 10.2. The molecule has 1 N–H and O–H groups in total. The Bertz CT molecular complexity index is 633. The molecule has 0 fully saturated rings. The quantitative estimate of drug-likeness (QED) is 0.924. The Balaban J connectivity index is 2.11. The summed E-state index contributed by atoms with van der Waals surface area (Å²) >= 11 is 1.44. The number of carbonyl (C=O) groups is 1. The van der Waals surface area contributed by atoms with Crippen molar-refractivity contribution >= 4 is 17.7 Å². The third-order valence-corrected chi connectivity index (χ3v) is 3.28. The van der Waals surface area contributed by atoms with E-state index in [0.29, 0.717) is 5.69 Å². The van der Waals surface area contributed by atoms with E-state index in [4.69, 9.17) is 10.4 Å². The van der Waals surface area contributed by atoms with Crippen LogP contribution in [0.2, 0.25) is 0 Å². The van der Waals surface area contributed by atoms with Crippen molar-refractivity contribution < 1.29 is 9.90 Å². The molecular weight excluding hydrogens is 260 g/mol. The molecular formula is C14H10N2O2S. The van der Waals surface area contributed by atoms with Gasteiger partial charge in [0.15, 0.2) is 0 Å². The van der Waals surface area contributed by atoms with Crippen molar-refractivity contribution in [3.8, 4) is 6.07 Å². The van der Waals surface area contributed by atoms with Gasteiger partial charge in [-0.25, -0.2) is 4.98 Å². The second-order valence-corrected chi connectivity index (χ2v) is 4.88. The molecule has 0 amide bonds. The molecule has 19 heavy (non-hydrogen) atoms. The van der Waals surface area contributed by atoms with Crippen LogP contribution in [-0.4, -0.2) is 16.1 Å². The predicted molar refractivity (Wildman–Crippen MR) is 70.9 cm³/mol. The molecule has 1 aromatic heterocycles. The van der Waals surface area contributed by atoms with E-state index < -0.39 is 5.97 Å². The molecule has 0 saturated heterocycles. The summed E-state index contributed by atoms with van der Waals surface area (Å²) in [4.78, 5) is 15.7. The van der Waals surface area contributed by atoms with E-state index in [1.54, 1.807) is 24.3 Å². The average molecular weight is 270 g/mol. The molecule has 2 aromatic rings. The first-order valence-corrected chi connectivity index (χ1v) is 6.35. The van der Waals surface area contributed by atoms with Crippen LogP contribution in [0.15, 0.2) is 52.4 Å². The maximum absolute atomic E-state index is 10.6. The molecule has 94 valence electrons. The number of hydrogen-bond acceptors (Lipinski definition) is 4. The van der Waals surface area contributed by atoms with E-state index in [1.807, 2.05) is 24.3 Å². The number of nitriles is 1.